The molecule has 120 valence electrons. The van der Waals surface area contributed by atoms with Crippen LogP contribution in [0.1, 0.15) is 30.3 Å². The van der Waals surface area contributed by atoms with Crippen LogP contribution in [-0.4, -0.2) is 13.4 Å². The van der Waals surface area contributed by atoms with E-state index in [4.69, 9.17) is 0 Å². The first-order valence-corrected chi connectivity index (χ1v) is 9.70. The fraction of sp³-hybridized carbons (Fsp3) is 0.235. The number of thiazole rings is 1. The minimum Gasteiger partial charge on any atom is -0.240 e. The van der Waals surface area contributed by atoms with Crippen molar-refractivity contribution in [2.24, 2.45) is 0 Å². The molecule has 0 atom stereocenters. The maximum absolute atomic E-state index is 12.4. The summed E-state index contributed by atoms with van der Waals surface area (Å²) in [5.74, 6) is 0.377. The summed E-state index contributed by atoms with van der Waals surface area (Å²) in [4.78, 5) is 4.72. The van der Waals surface area contributed by atoms with E-state index in [0.29, 0.717) is 5.92 Å². The van der Waals surface area contributed by atoms with Crippen LogP contribution in [-0.2, 0) is 16.6 Å². The zero-order valence-corrected chi connectivity index (χ0v) is 14.6. The standard InChI is InChI=1S/C17H18N2O2S2/c1-12(2)13-7-9-14(10-8-13)23(20,21)18-11-17-19-15-5-3-4-6-16(15)22-17/h3-10,12,18H,11H2,1-2H3. The Morgan fingerprint density at radius 1 is 1.09 bits per heavy atom. The number of aromatic nitrogens is 1. The Bertz CT molecular complexity index is 880. The number of rotatable bonds is 5. The largest absolute Gasteiger partial charge is 0.240 e. The average molecular weight is 346 g/mol. The molecule has 0 amide bonds. The number of fused-ring (bicyclic) bond motifs is 1. The van der Waals surface area contributed by atoms with E-state index < -0.39 is 10.0 Å². The van der Waals surface area contributed by atoms with Crippen LogP contribution in [0.5, 0.6) is 0 Å². The molecule has 0 aliphatic heterocycles. The van der Waals surface area contributed by atoms with Gasteiger partial charge in [-0.1, -0.05) is 38.1 Å². The van der Waals surface area contributed by atoms with E-state index in [0.717, 1.165) is 20.8 Å². The van der Waals surface area contributed by atoms with Crippen LogP contribution in [0.3, 0.4) is 0 Å². The lowest BCUT2D eigenvalue weighted by molar-refractivity contribution is 0.581. The summed E-state index contributed by atoms with van der Waals surface area (Å²) in [6.45, 7) is 4.36. The van der Waals surface area contributed by atoms with Crippen molar-refractivity contribution in [3.63, 3.8) is 0 Å². The predicted octanol–water partition coefficient (Wildman–Crippen LogP) is 3.90. The fourth-order valence-electron chi connectivity index (χ4n) is 2.27. The minimum atomic E-state index is -3.52. The number of nitrogens with zero attached hydrogens (tertiary/aromatic N) is 1. The molecule has 3 rings (SSSR count). The smallest absolute Gasteiger partial charge is 0.240 e. The molecule has 4 nitrogen and oxygen atoms in total. The fourth-order valence-corrected chi connectivity index (χ4v) is 4.25. The van der Waals surface area contributed by atoms with Crippen LogP contribution in [0.15, 0.2) is 53.4 Å². The summed E-state index contributed by atoms with van der Waals surface area (Å²) in [6, 6.07) is 14.8. The van der Waals surface area contributed by atoms with Gasteiger partial charge in [-0.25, -0.2) is 18.1 Å². The van der Waals surface area contributed by atoms with E-state index in [1.54, 1.807) is 12.1 Å². The second-order valence-electron chi connectivity index (χ2n) is 5.62. The summed E-state index contributed by atoms with van der Waals surface area (Å²) >= 11 is 1.50. The highest BCUT2D eigenvalue weighted by Crippen LogP contribution is 2.22. The van der Waals surface area contributed by atoms with Crippen LogP contribution in [0.4, 0.5) is 0 Å². The molecule has 23 heavy (non-hydrogen) atoms. The molecule has 1 aromatic heterocycles. The van der Waals surface area contributed by atoms with Crippen LogP contribution in [0, 0.1) is 0 Å². The first-order valence-electron chi connectivity index (χ1n) is 7.40. The molecular formula is C17H18N2O2S2. The van der Waals surface area contributed by atoms with Crippen molar-refractivity contribution in [2.45, 2.75) is 31.2 Å². The SMILES string of the molecule is CC(C)c1ccc(S(=O)(=O)NCc2nc3ccccc3s2)cc1. The first-order chi connectivity index (χ1) is 11.0. The monoisotopic (exact) mass is 346 g/mol. The zero-order chi connectivity index (χ0) is 16.4. The van der Waals surface area contributed by atoms with Crippen LogP contribution in [0.25, 0.3) is 10.2 Å². The molecule has 2 aromatic carbocycles. The van der Waals surface area contributed by atoms with Gasteiger partial charge in [-0.3, -0.25) is 0 Å². The quantitative estimate of drug-likeness (QED) is 0.762. The van der Waals surface area contributed by atoms with E-state index in [1.807, 2.05) is 36.4 Å². The van der Waals surface area contributed by atoms with E-state index in [-0.39, 0.29) is 11.4 Å². The highest BCUT2D eigenvalue weighted by molar-refractivity contribution is 7.89. The number of sulfonamides is 1. The number of hydrogen-bond acceptors (Lipinski definition) is 4. The lowest BCUT2D eigenvalue weighted by Gasteiger charge is -2.08. The molecule has 0 aliphatic rings. The molecule has 3 aromatic rings. The van der Waals surface area contributed by atoms with E-state index in [2.05, 4.69) is 23.6 Å². The highest BCUT2D eigenvalue weighted by Gasteiger charge is 2.15. The van der Waals surface area contributed by atoms with Gasteiger partial charge in [0.2, 0.25) is 10.0 Å². The Balaban J connectivity index is 1.75. The third-order valence-corrected chi connectivity index (χ3v) is 6.06. The first kappa shape index (κ1) is 16.1. The van der Waals surface area contributed by atoms with Gasteiger partial charge < -0.3 is 0 Å². The normalized spacial score (nSPS) is 12.1. The van der Waals surface area contributed by atoms with Gasteiger partial charge in [0.05, 0.1) is 21.7 Å². The van der Waals surface area contributed by atoms with Gasteiger partial charge >= 0.3 is 0 Å². The van der Waals surface area contributed by atoms with Gasteiger partial charge in [0.15, 0.2) is 0 Å². The van der Waals surface area contributed by atoms with E-state index in [9.17, 15) is 8.42 Å². The van der Waals surface area contributed by atoms with Gasteiger partial charge in [0, 0.05) is 0 Å². The van der Waals surface area contributed by atoms with E-state index in [1.165, 1.54) is 11.3 Å². The number of benzene rings is 2. The molecule has 1 heterocycles. The summed E-state index contributed by atoms with van der Waals surface area (Å²) in [5, 5.41) is 0.758. The molecule has 0 saturated heterocycles. The predicted molar refractivity (Wildman–Crippen MR) is 94.2 cm³/mol. The maximum Gasteiger partial charge on any atom is 0.240 e. The molecule has 6 heteroatoms. The summed E-state index contributed by atoms with van der Waals surface area (Å²) < 4.78 is 28.4. The molecule has 0 fully saturated rings. The minimum absolute atomic E-state index is 0.202. The summed E-state index contributed by atoms with van der Waals surface area (Å²) in [6.07, 6.45) is 0. The summed E-state index contributed by atoms with van der Waals surface area (Å²) in [5.41, 5.74) is 2.02. The Kier molecular flexibility index (Phi) is 4.48. The van der Waals surface area contributed by atoms with Gasteiger partial charge in [0.1, 0.15) is 5.01 Å². The zero-order valence-electron chi connectivity index (χ0n) is 13.0. The van der Waals surface area contributed by atoms with Crippen molar-refractivity contribution in [2.75, 3.05) is 0 Å². The van der Waals surface area contributed by atoms with Crippen molar-refractivity contribution >= 4 is 31.6 Å². The Hall–Kier alpha value is -1.76. The Morgan fingerprint density at radius 3 is 2.43 bits per heavy atom. The Morgan fingerprint density at radius 2 is 1.78 bits per heavy atom. The second-order valence-corrected chi connectivity index (χ2v) is 8.51. The molecular weight excluding hydrogens is 328 g/mol. The van der Waals surface area contributed by atoms with Crippen molar-refractivity contribution in [1.29, 1.82) is 0 Å². The lowest BCUT2D eigenvalue weighted by Crippen LogP contribution is -2.23. The van der Waals surface area contributed by atoms with Crippen LogP contribution < -0.4 is 4.72 Å². The molecule has 0 aliphatic carbocycles. The number of para-hydroxylation sites is 1. The summed E-state index contributed by atoms with van der Waals surface area (Å²) in [7, 11) is -3.52. The van der Waals surface area contributed by atoms with Crippen LogP contribution >= 0.6 is 11.3 Å². The van der Waals surface area contributed by atoms with Crippen LogP contribution in [0.2, 0.25) is 0 Å². The van der Waals surface area contributed by atoms with Crippen molar-refractivity contribution in [3.8, 4) is 0 Å². The van der Waals surface area contributed by atoms with Gasteiger partial charge in [-0.15, -0.1) is 11.3 Å². The van der Waals surface area contributed by atoms with Gasteiger partial charge in [0.25, 0.3) is 0 Å². The number of nitrogens with one attached hydrogen (secondary N) is 1. The van der Waals surface area contributed by atoms with E-state index >= 15 is 0 Å². The van der Waals surface area contributed by atoms with Crippen molar-refractivity contribution < 1.29 is 8.42 Å². The number of hydrogen-bond donors (Lipinski definition) is 1. The highest BCUT2D eigenvalue weighted by atomic mass is 32.2. The molecule has 1 N–H and O–H groups in total. The third kappa shape index (κ3) is 3.60. The Labute approximate surface area is 140 Å². The molecule has 0 bridgehead atoms. The maximum atomic E-state index is 12.4. The third-order valence-electron chi connectivity index (χ3n) is 3.61. The van der Waals surface area contributed by atoms with Gasteiger partial charge in [-0.05, 0) is 35.7 Å². The topological polar surface area (TPSA) is 59.1 Å². The van der Waals surface area contributed by atoms with Crippen molar-refractivity contribution in [1.82, 2.24) is 9.71 Å². The molecule has 0 spiro atoms. The molecule has 0 saturated carbocycles. The second kappa shape index (κ2) is 6.39. The van der Waals surface area contributed by atoms with Crippen molar-refractivity contribution in [3.05, 3.63) is 59.1 Å². The molecule has 0 radical (unpaired) electrons. The molecule has 0 unspecified atom stereocenters. The lowest BCUT2D eigenvalue weighted by atomic mass is 10.0. The van der Waals surface area contributed by atoms with Gasteiger partial charge in [-0.2, -0.15) is 0 Å². The average Bonchev–Trinajstić information content (AvgIpc) is 2.96.